The fourth-order valence-corrected chi connectivity index (χ4v) is 1.72. The molecule has 0 unspecified atom stereocenters. The van der Waals surface area contributed by atoms with Crippen molar-refractivity contribution in [3.8, 4) is 0 Å². The highest BCUT2D eigenvalue weighted by molar-refractivity contribution is 5.36. The summed E-state index contributed by atoms with van der Waals surface area (Å²) in [6, 6.07) is 10.2. The summed E-state index contributed by atoms with van der Waals surface area (Å²) in [5.74, 6) is 0.889. The summed E-state index contributed by atoms with van der Waals surface area (Å²) < 4.78 is 6.96. The van der Waals surface area contributed by atoms with Gasteiger partial charge in [0.15, 0.2) is 0 Å². The second-order valence-electron chi connectivity index (χ2n) is 3.93. The standard InChI is InChI=1S/C13H17N3O/c1-16-8-7-13(15-16)14-9-11-5-3-4-6-12(11)10-17-2/h3-8H,9-10H2,1-2H3,(H,14,15). The monoisotopic (exact) mass is 231 g/mol. The summed E-state index contributed by atoms with van der Waals surface area (Å²) >= 11 is 0. The molecule has 4 nitrogen and oxygen atoms in total. The zero-order chi connectivity index (χ0) is 12.1. The fourth-order valence-electron chi connectivity index (χ4n) is 1.72. The number of hydrogen-bond donors (Lipinski definition) is 1. The quantitative estimate of drug-likeness (QED) is 0.857. The largest absolute Gasteiger partial charge is 0.380 e. The van der Waals surface area contributed by atoms with Crippen molar-refractivity contribution in [2.24, 2.45) is 7.05 Å². The molecular weight excluding hydrogens is 214 g/mol. The third-order valence-electron chi connectivity index (χ3n) is 2.59. The Morgan fingerprint density at radius 2 is 2.00 bits per heavy atom. The Morgan fingerprint density at radius 1 is 1.24 bits per heavy atom. The minimum atomic E-state index is 0.639. The van der Waals surface area contributed by atoms with Crippen molar-refractivity contribution >= 4 is 5.82 Å². The van der Waals surface area contributed by atoms with Crippen molar-refractivity contribution in [3.05, 3.63) is 47.7 Å². The van der Waals surface area contributed by atoms with Gasteiger partial charge in [0.2, 0.25) is 0 Å². The van der Waals surface area contributed by atoms with E-state index < -0.39 is 0 Å². The smallest absolute Gasteiger partial charge is 0.148 e. The molecule has 17 heavy (non-hydrogen) atoms. The van der Waals surface area contributed by atoms with Crippen LogP contribution in [0.2, 0.25) is 0 Å². The van der Waals surface area contributed by atoms with Gasteiger partial charge in [-0.15, -0.1) is 0 Å². The van der Waals surface area contributed by atoms with E-state index in [2.05, 4.69) is 22.5 Å². The van der Waals surface area contributed by atoms with Gasteiger partial charge in [-0.1, -0.05) is 24.3 Å². The number of ether oxygens (including phenoxy) is 1. The number of nitrogens with one attached hydrogen (secondary N) is 1. The number of anilines is 1. The maximum atomic E-state index is 5.18. The topological polar surface area (TPSA) is 39.1 Å². The van der Waals surface area contributed by atoms with E-state index in [1.165, 1.54) is 11.1 Å². The number of methoxy groups -OCH3 is 1. The molecule has 0 saturated heterocycles. The van der Waals surface area contributed by atoms with E-state index in [-0.39, 0.29) is 0 Å². The van der Waals surface area contributed by atoms with Gasteiger partial charge in [-0.3, -0.25) is 4.68 Å². The van der Waals surface area contributed by atoms with Crippen molar-refractivity contribution in [3.63, 3.8) is 0 Å². The van der Waals surface area contributed by atoms with Crippen molar-refractivity contribution in [2.75, 3.05) is 12.4 Å². The van der Waals surface area contributed by atoms with Crippen molar-refractivity contribution < 1.29 is 4.74 Å². The zero-order valence-electron chi connectivity index (χ0n) is 10.2. The van der Waals surface area contributed by atoms with Crippen LogP contribution >= 0.6 is 0 Å². The number of hydrogen-bond acceptors (Lipinski definition) is 3. The predicted octanol–water partition coefficient (Wildman–Crippen LogP) is 2.18. The molecule has 0 fully saturated rings. The first-order valence-corrected chi connectivity index (χ1v) is 5.59. The molecule has 0 aliphatic rings. The van der Waals surface area contributed by atoms with Gasteiger partial charge in [0.25, 0.3) is 0 Å². The predicted molar refractivity (Wildman–Crippen MR) is 67.7 cm³/mol. The van der Waals surface area contributed by atoms with Crippen LogP contribution in [0.5, 0.6) is 0 Å². The van der Waals surface area contributed by atoms with E-state index in [9.17, 15) is 0 Å². The molecule has 1 aromatic heterocycles. The van der Waals surface area contributed by atoms with Gasteiger partial charge < -0.3 is 10.1 Å². The number of nitrogens with zero attached hydrogens (tertiary/aromatic N) is 2. The molecule has 4 heteroatoms. The summed E-state index contributed by atoms with van der Waals surface area (Å²) in [5.41, 5.74) is 2.44. The van der Waals surface area contributed by atoms with E-state index in [1.807, 2.05) is 31.4 Å². The lowest BCUT2D eigenvalue weighted by atomic mass is 10.1. The van der Waals surface area contributed by atoms with Crippen LogP contribution < -0.4 is 5.32 Å². The van der Waals surface area contributed by atoms with Crippen molar-refractivity contribution in [1.82, 2.24) is 9.78 Å². The van der Waals surface area contributed by atoms with Gasteiger partial charge in [-0.05, 0) is 11.1 Å². The van der Waals surface area contributed by atoms with Gasteiger partial charge in [-0.25, -0.2) is 0 Å². The first-order valence-electron chi connectivity index (χ1n) is 5.59. The highest BCUT2D eigenvalue weighted by atomic mass is 16.5. The maximum Gasteiger partial charge on any atom is 0.148 e. The molecule has 2 rings (SSSR count). The van der Waals surface area contributed by atoms with Gasteiger partial charge in [0.05, 0.1) is 6.61 Å². The fraction of sp³-hybridized carbons (Fsp3) is 0.308. The van der Waals surface area contributed by atoms with Crippen molar-refractivity contribution in [1.29, 1.82) is 0 Å². The Hall–Kier alpha value is -1.81. The Morgan fingerprint density at radius 3 is 2.65 bits per heavy atom. The summed E-state index contributed by atoms with van der Waals surface area (Å²) in [6.07, 6.45) is 1.92. The molecule has 0 aliphatic heterocycles. The highest BCUT2D eigenvalue weighted by Gasteiger charge is 2.02. The second kappa shape index (κ2) is 5.50. The highest BCUT2D eigenvalue weighted by Crippen LogP contribution is 2.12. The minimum Gasteiger partial charge on any atom is -0.380 e. The molecule has 1 aromatic carbocycles. The molecule has 0 spiro atoms. The molecule has 0 radical (unpaired) electrons. The first-order chi connectivity index (χ1) is 8.29. The summed E-state index contributed by atoms with van der Waals surface area (Å²) in [7, 11) is 3.62. The van der Waals surface area contributed by atoms with E-state index in [0.29, 0.717) is 6.61 Å². The molecule has 2 aromatic rings. The van der Waals surface area contributed by atoms with Crippen LogP contribution in [0.3, 0.4) is 0 Å². The Labute approximate surface area is 101 Å². The van der Waals surface area contributed by atoms with Gasteiger partial charge in [0, 0.05) is 33.0 Å². The zero-order valence-corrected chi connectivity index (χ0v) is 10.2. The van der Waals surface area contributed by atoms with E-state index in [0.717, 1.165) is 12.4 Å². The van der Waals surface area contributed by atoms with E-state index >= 15 is 0 Å². The summed E-state index contributed by atoms with van der Waals surface area (Å²) in [6.45, 7) is 1.40. The molecule has 1 heterocycles. The van der Waals surface area contributed by atoms with Crippen LogP contribution in [0.25, 0.3) is 0 Å². The molecule has 0 bridgehead atoms. The number of rotatable bonds is 5. The number of benzene rings is 1. The van der Waals surface area contributed by atoms with Gasteiger partial charge in [-0.2, -0.15) is 5.10 Å². The summed E-state index contributed by atoms with van der Waals surface area (Å²) in [5, 5.41) is 7.57. The van der Waals surface area contributed by atoms with Crippen LogP contribution in [0.1, 0.15) is 11.1 Å². The SMILES string of the molecule is COCc1ccccc1CNc1ccn(C)n1. The molecular formula is C13H17N3O. The van der Waals surface area contributed by atoms with Crippen LogP contribution in [0, 0.1) is 0 Å². The second-order valence-corrected chi connectivity index (χ2v) is 3.93. The van der Waals surface area contributed by atoms with Crippen LogP contribution in [-0.2, 0) is 24.9 Å². The number of aryl methyl sites for hydroxylation is 1. The maximum absolute atomic E-state index is 5.18. The van der Waals surface area contributed by atoms with Gasteiger partial charge in [0.1, 0.15) is 5.82 Å². The lowest BCUT2D eigenvalue weighted by Crippen LogP contribution is -2.04. The van der Waals surface area contributed by atoms with Crippen molar-refractivity contribution in [2.45, 2.75) is 13.2 Å². The average molecular weight is 231 g/mol. The van der Waals surface area contributed by atoms with E-state index in [1.54, 1.807) is 11.8 Å². The molecule has 0 aliphatic carbocycles. The van der Waals surface area contributed by atoms with Crippen LogP contribution in [0.4, 0.5) is 5.82 Å². The van der Waals surface area contributed by atoms with Gasteiger partial charge >= 0.3 is 0 Å². The third-order valence-corrected chi connectivity index (χ3v) is 2.59. The molecule has 90 valence electrons. The Balaban J connectivity index is 2.03. The lowest BCUT2D eigenvalue weighted by Gasteiger charge is -2.09. The normalized spacial score (nSPS) is 10.5. The Bertz CT molecular complexity index is 479. The van der Waals surface area contributed by atoms with Crippen LogP contribution in [0.15, 0.2) is 36.5 Å². The average Bonchev–Trinajstić information content (AvgIpc) is 2.74. The van der Waals surface area contributed by atoms with Crippen LogP contribution in [-0.4, -0.2) is 16.9 Å². The Kier molecular flexibility index (Phi) is 3.77. The number of aromatic nitrogens is 2. The first kappa shape index (κ1) is 11.7. The summed E-state index contributed by atoms with van der Waals surface area (Å²) in [4.78, 5) is 0. The lowest BCUT2D eigenvalue weighted by molar-refractivity contribution is 0.184. The minimum absolute atomic E-state index is 0.639. The molecule has 0 atom stereocenters. The molecule has 1 N–H and O–H groups in total. The molecule has 0 saturated carbocycles. The molecule has 0 amide bonds. The third kappa shape index (κ3) is 3.07. The van der Waals surface area contributed by atoms with E-state index in [4.69, 9.17) is 4.74 Å².